The van der Waals surface area contributed by atoms with Crippen LogP contribution in [0.4, 0.5) is 4.39 Å². The third kappa shape index (κ3) is 3.64. The van der Waals surface area contributed by atoms with Crippen molar-refractivity contribution in [3.8, 4) is 5.88 Å². The van der Waals surface area contributed by atoms with E-state index in [0.29, 0.717) is 0 Å². The van der Waals surface area contributed by atoms with E-state index < -0.39 is 5.82 Å². The maximum atomic E-state index is 13.6. The van der Waals surface area contributed by atoms with Crippen LogP contribution in [0.15, 0.2) is 42.9 Å². The Morgan fingerprint density at radius 2 is 2.04 bits per heavy atom. The molecule has 4 rings (SSSR count). The van der Waals surface area contributed by atoms with Crippen molar-refractivity contribution in [3.05, 3.63) is 59.9 Å². The first-order valence-electron chi connectivity index (χ1n) is 8.61. The molecule has 0 saturated carbocycles. The van der Waals surface area contributed by atoms with Gasteiger partial charge >= 0.3 is 0 Å². The van der Waals surface area contributed by atoms with Crippen LogP contribution >= 0.6 is 0 Å². The smallest absolute Gasteiger partial charge is 0.250 e. The fourth-order valence-electron chi connectivity index (χ4n) is 3.26. The molecule has 0 bridgehead atoms. The number of hydrogen-bond donors (Lipinski definition) is 0. The number of fused-ring (bicyclic) bond motifs is 1. The summed E-state index contributed by atoms with van der Waals surface area (Å²) in [5, 5.41) is 0. The van der Waals surface area contributed by atoms with E-state index in [1.54, 1.807) is 12.3 Å². The summed E-state index contributed by atoms with van der Waals surface area (Å²) in [7, 11) is 0. The van der Waals surface area contributed by atoms with Gasteiger partial charge in [-0.05, 0) is 43.5 Å². The highest BCUT2D eigenvalue weighted by atomic mass is 19.1. The summed E-state index contributed by atoms with van der Waals surface area (Å²) in [4.78, 5) is 11.0. The minimum Gasteiger partial charge on any atom is -0.472 e. The highest BCUT2D eigenvalue weighted by Gasteiger charge is 2.22. The Kier molecular flexibility index (Phi) is 4.36. The molecule has 0 radical (unpaired) electrons. The Hall–Kier alpha value is -2.47. The lowest BCUT2D eigenvalue weighted by atomic mass is 10.1. The first-order valence-corrected chi connectivity index (χ1v) is 8.61. The SMILES string of the molecule is Cc1ccc2nc(CN3CCC(Oc4ncccc4F)CC3)cn2c1. The average molecular weight is 340 g/mol. The molecule has 3 aromatic rings. The third-order valence-electron chi connectivity index (χ3n) is 4.57. The van der Waals surface area contributed by atoms with Crippen molar-refractivity contribution in [2.75, 3.05) is 13.1 Å². The van der Waals surface area contributed by atoms with Crippen molar-refractivity contribution in [3.63, 3.8) is 0 Å². The van der Waals surface area contributed by atoms with Crippen molar-refractivity contribution < 1.29 is 9.13 Å². The van der Waals surface area contributed by atoms with Crippen LogP contribution in [0.2, 0.25) is 0 Å². The summed E-state index contributed by atoms with van der Waals surface area (Å²) >= 11 is 0. The van der Waals surface area contributed by atoms with Gasteiger partial charge < -0.3 is 9.14 Å². The predicted octanol–water partition coefficient (Wildman–Crippen LogP) is 3.22. The summed E-state index contributed by atoms with van der Waals surface area (Å²) in [5.41, 5.74) is 3.27. The predicted molar refractivity (Wildman–Crippen MR) is 93.1 cm³/mol. The normalized spacial score (nSPS) is 16.4. The van der Waals surface area contributed by atoms with Crippen LogP contribution in [0.1, 0.15) is 24.1 Å². The summed E-state index contributed by atoms with van der Waals surface area (Å²) in [5.74, 6) is -0.290. The van der Waals surface area contributed by atoms with Gasteiger partial charge in [0.1, 0.15) is 11.8 Å². The summed E-state index contributed by atoms with van der Waals surface area (Å²) in [6.07, 6.45) is 7.48. The van der Waals surface area contributed by atoms with Crippen LogP contribution in [0.25, 0.3) is 5.65 Å². The van der Waals surface area contributed by atoms with Gasteiger partial charge in [-0.25, -0.2) is 14.4 Å². The fraction of sp³-hybridized carbons (Fsp3) is 0.368. The molecule has 0 aliphatic carbocycles. The van der Waals surface area contributed by atoms with Crippen LogP contribution in [0, 0.1) is 12.7 Å². The van der Waals surface area contributed by atoms with Gasteiger partial charge in [-0.2, -0.15) is 0 Å². The molecular formula is C19H21FN4O. The highest BCUT2D eigenvalue weighted by Crippen LogP contribution is 2.20. The number of rotatable bonds is 4. The zero-order chi connectivity index (χ0) is 17.2. The van der Waals surface area contributed by atoms with E-state index in [9.17, 15) is 4.39 Å². The Morgan fingerprint density at radius 1 is 1.20 bits per heavy atom. The molecule has 1 aliphatic heterocycles. The van der Waals surface area contributed by atoms with Crippen molar-refractivity contribution in [2.45, 2.75) is 32.4 Å². The topological polar surface area (TPSA) is 42.7 Å². The van der Waals surface area contributed by atoms with E-state index in [0.717, 1.165) is 43.8 Å². The molecule has 130 valence electrons. The number of piperidine rings is 1. The molecule has 0 amide bonds. The number of hydrogen-bond acceptors (Lipinski definition) is 4. The Labute approximate surface area is 146 Å². The van der Waals surface area contributed by atoms with Gasteiger partial charge in [0.25, 0.3) is 5.88 Å². The molecule has 3 aromatic heterocycles. The molecule has 0 N–H and O–H groups in total. The maximum Gasteiger partial charge on any atom is 0.250 e. The molecule has 1 fully saturated rings. The third-order valence-corrected chi connectivity index (χ3v) is 4.57. The van der Waals surface area contributed by atoms with Crippen molar-refractivity contribution >= 4 is 5.65 Å². The molecule has 25 heavy (non-hydrogen) atoms. The van der Waals surface area contributed by atoms with Crippen LogP contribution in [0.3, 0.4) is 0 Å². The summed E-state index contributed by atoms with van der Waals surface area (Å²) < 4.78 is 21.4. The maximum absolute atomic E-state index is 13.6. The lowest BCUT2D eigenvalue weighted by Gasteiger charge is -2.31. The molecule has 5 nitrogen and oxygen atoms in total. The molecule has 1 saturated heterocycles. The summed E-state index contributed by atoms with van der Waals surface area (Å²) in [6, 6.07) is 7.07. The second-order valence-electron chi connectivity index (χ2n) is 6.59. The van der Waals surface area contributed by atoms with Crippen molar-refractivity contribution in [1.82, 2.24) is 19.3 Å². The second-order valence-corrected chi connectivity index (χ2v) is 6.59. The molecule has 1 aliphatic rings. The van der Waals surface area contributed by atoms with Crippen LogP contribution in [-0.4, -0.2) is 38.5 Å². The summed E-state index contributed by atoms with van der Waals surface area (Å²) in [6.45, 7) is 4.72. The second kappa shape index (κ2) is 6.80. The molecule has 0 spiro atoms. The van der Waals surface area contributed by atoms with E-state index in [4.69, 9.17) is 4.74 Å². The zero-order valence-corrected chi connectivity index (χ0v) is 14.2. The van der Waals surface area contributed by atoms with Gasteiger partial charge in [-0.1, -0.05) is 6.07 Å². The first-order chi connectivity index (χ1) is 12.2. The minimum absolute atomic E-state index is 0.0179. The number of ether oxygens (including phenoxy) is 1. The molecule has 4 heterocycles. The number of likely N-dealkylation sites (tertiary alicyclic amines) is 1. The van der Waals surface area contributed by atoms with Gasteiger partial charge in [0.15, 0.2) is 5.82 Å². The quantitative estimate of drug-likeness (QED) is 0.731. The van der Waals surface area contributed by atoms with Crippen LogP contribution < -0.4 is 4.74 Å². The molecular weight excluding hydrogens is 319 g/mol. The number of aromatic nitrogens is 3. The number of pyridine rings is 2. The van der Waals surface area contributed by atoms with E-state index in [-0.39, 0.29) is 12.0 Å². The van der Waals surface area contributed by atoms with Gasteiger partial charge in [0.2, 0.25) is 0 Å². The zero-order valence-electron chi connectivity index (χ0n) is 14.2. The highest BCUT2D eigenvalue weighted by molar-refractivity contribution is 5.41. The van der Waals surface area contributed by atoms with Crippen LogP contribution in [0.5, 0.6) is 5.88 Å². The number of halogens is 1. The minimum atomic E-state index is -0.398. The number of imidazole rings is 1. The number of aryl methyl sites for hydroxylation is 1. The van der Waals surface area contributed by atoms with Gasteiger partial charge in [0, 0.05) is 38.2 Å². The Bertz CT molecular complexity index is 871. The van der Waals surface area contributed by atoms with Crippen molar-refractivity contribution in [2.24, 2.45) is 0 Å². The molecule has 0 aromatic carbocycles. The molecule has 0 atom stereocenters. The monoisotopic (exact) mass is 340 g/mol. The standard InChI is InChI=1S/C19H21FN4O/c1-14-4-5-18-22-15(13-24(18)11-14)12-23-9-6-16(7-10-23)25-19-17(20)3-2-8-21-19/h2-5,8,11,13,16H,6-7,9-10,12H2,1H3. The largest absolute Gasteiger partial charge is 0.472 e. The fourth-order valence-corrected chi connectivity index (χ4v) is 3.26. The lowest BCUT2D eigenvalue weighted by Crippen LogP contribution is -2.38. The lowest BCUT2D eigenvalue weighted by molar-refractivity contribution is 0.0891. The molecule has 6 heteroatoms. The van der Waals surface area contributed by atoms with Gasteiger partial charge in [-0.3, -0.25) is 4.90 Å². The van der Waals surface area contributed by atoms with Crippen LogP contribution in [-0.2, 0) is 6.54 Å². The van der Waals surface area contributed by atoms with Crippen molar-refractivity contribution in [1.29, 1.82) is 0 Å². The Morgan fingerprint density at radius 3 is 2.84 bits per heavy atom. The Balaban J connectivity index is 1.34. The van der Waals surface area contributed by atoms with Gasteiger partial charge in [-0.15, -0.1) is 0 Å². The van der Waals surface area contributed by atoms with E-state index in [2.05, 4.69) is 44.7 Å². The van der Waals surface area contributed by atoms with Gasteiger partial charge in [0.05, 0.1) is 5.69 Å². The van der Waals surface area contributed by atoms with E-state index in [1.807, 2.05) is 6.07 Å². The van der Waals surface area contributed by atoms with E-state index in [1.165, 1.54) is 11.6 Å². The van der Waals surface area contributed by atoms with E-state index >= 15 is 0 Å². The number of nitrogens with zero attached hydrogens (tertiary/aromatic N) is 4. The first kappa shape index (κ1) is 16.0. The molecule has 0 unspecified atom stereocenters. The average Bonchev–Trinajstić information content (AvgIpc) is 3.00.